The highest BCUT2D eigenvalue weighted by atomic mass is 32.1. The lowest BCUT2D eigenvalue weighted by atomic mass is 10.2. The standard InChI is InChI=1S/C14H21N3O2S/c1-16(2)17(11-7-6-10-13(18)19)14(20)15-12-8-4-3-5-9-12/h3-5,8-9H,6-7,10-11H2,1-2H3,(H,15,20)(H,18,19). The molecule has 0 aliphatic carbocycles. The van der Waals surface area contributed by atoms with Gasteiger partial charge < -0.3 is 10.4 Å². The minimum Gasteiger partial charge on any atom is -0.481 e. The Morgan fingerprint density at radius 2 is 1.90 bits per heavy atom. The van der Waals surface area contributed by atoms with Crippen LogP contribution < -0.4 is 5.32 Å². The van der Waals surface area contributed by atoms with E-state index in [0.717, 1.165) is 12.1 Å². The van der Waals surface area contributed by atoms with Crippen LogP contribution in [-0.4, -0.2) is 46.8 Å². The number of carboxylic acids is 1. The molecule has 0 aliphatic rings. The number of unbranched alkanes of at least 4 members (excludes halogenated alkanes) is 1. The topological polar surface area (TPSA) is 55.8 Å². The van der Waals surface area contributed by atoms with E-state index in [0.29, 0.717) is 18.1 Å². The summed E-state index contributed by atoms with van der Waals surface area (Å²) in [5.74, 6) is -0.758. The lowest BCUT2D eigenvalue weighted by Gasteiger charge is -2.31. The molecule has 1 aromatic rings. The molecule has 0 unspecified atom stereocenters. The number of thiocarbonyl (C=S) groups is 1. The summed E-state index contributed by atoms with van der Waals surface area (Å²) in [6.45, 7) is 0.693. The molecule has 0 radical (unpaired) electrons. The number of benzene rings is 1. The Morgan fingerprint density at radius 1 is 1.25 bits per heavy atom. The van der Waals surface area contributed by atoms with Crippen molar-refractivity contribution in [3.05, 3.63) is 30.3 Å². The van der Waals surface area contributed by atoms with E-state index in [-0.39, 0.29) is 6.42 Å². The Kier molecular flexibility index (Phi) is 6.97. The van der Waals surface area contributed by atoms with E-state index < -0.39 is 5.97 Å². The van der Waals surface area contributed by atoms with Gasteiger partial charge in [-0.3, -0.25) is 9.80 Å². The van der Waals surface area contributed by atoms with Crippen LogP contribution in [0.4, 0.5) is 5.69 Å². The minimum atomic E-state index is -0.758. The van der Waals surface area contributed by atoms with E-state index >= 15 is 0 Å². The summed E-state index contributed by atoms with van der Waals surface area (Å²) in [6.07, 6.45) is 1.62. The fraction of sp³-hybridized carbons (Fsp3) is 0.429. The van der Waals surface area contributed by atoms with E-state index in [1.807, 2.05) is 54.4 Å². The average molecular weight is 295 g/mol. The molecule has 5 nitrogen and oxygen atoms in total. The molecule has 0 amide bonds. The van der Waals surface area contributed by atoms with Gasteiger partial charge in [0, 0.05) is 32.7 Å². The van der Waals surface area contributed by atoms with Crippen molar-refractivity contribution in [1.82, 2.24) is 10.0 Å². The molecule has 0 aliphatic heterocycles. The fourth-order valence-corrected chi connectivity index (χ4v) is 2.10. The van der Waals surface area contributed by atoms with Crippen molar-refractivity contribution in [1.29, 1.82) is 0 Å². The molecule has 0 heterocycles. The lowest BCUT2D eigenvalue weighted by Crippen LogP contribution is -2.44. The van der Waals surface area contributed by atoms with E-state index in [1.54, 1.807) is 0 Å². The molecule has 6 heteroatoms. The van der Waals surface area contributed by atoms with E-state index in [1.165, 1.54) is 0 Å². The molecule has 0 atom stereocenters. The molecular formula is C14H21N3O2S. The molecule has 0 saturated heterocycles. The van der Waals surface area contributed by atoms with Crippen LogP contribution in [0.5, 0.6) is 0 Å². The zero-order valence-electron chi connectivity index (χ0n) is 11.9. The number of rotatable bonds is 7. The Morgan fingerprint density at radius 3 is 2.45 bits per heavy atom. The first-order valence-corrected chi connectivity index (χ1v) is 6.94. The number of carboxylic acid groups (broad SMARTS) is 1. The fourth-order valence-electron chi connectivity index (χ4n) is 1.73. The van der Waals surface area contributed by atoms with Crippen molar-refractivity contribution in [3.8, 4) is 0 Å². The monoisotopic (exact) mass is 295 g/mol. The van der Waals surface area contributed by atoms with Crippen molar-refractivity contribution >= 4 is 29.0 Å². The molecule has 1 rings (SSSR count). The highest BCUT2D eigenvalue weighted by Crippen LogP contribution is 2.08. The van der Waals surface area contributed by atoms with Gasteiger partial charge in [0.25, 0.3) is 0 Å². The van der Waals surface area contributed by atoms with Crippen molar-refractivity contribution in [2.24, 2.45) is 0 Å². The van der Waals surface area contributed by atoms with Crippen LogP contribution in [-0.2, 0) is 4.79 Å². The van der Waals surface area contributed by atoms with Gasteiger partial charge in [-0.05, 0) is 37.2 Å². The molecule has 0 saturated carbocycles. The largest absolute Gasteiger partial charge is 0.481 e. The van der Waals surface area contributed by atoms with E-state index in [9.17, 15) is 4.79 Å². The van der Waals surface area contributed by atoms with Crippen LogP contribution in [0.25, 0.3) is 0 Å². The first kappa shape index (κ1) is 16.4. The third-order valence-corrected chi connectivity index (χ3v) is 3.07. The number of nitrogens with zero attached hydrogens (tertiary/aromatic N) is 2. The molecule has 0 fully saturated rings. The summed E-state index contributed by atoms with van der Waals surface area (Å²) in [5.41, 5.74) is 0.940. The van der Waals surface area contributed by atoms with Crippen LogP contribution in [0.3, 0.4) is 0 Å². The number of hydrazine groups is 1. The molecule has 20 heavy (non-hydrogen) atoms. The van der Waals surface area contributed by atoms with Crippen molar-refractivity contribution in [2.75, 3.05) is 26.0 Å². The Labute approximate surface area is 125 Å². The van der Waals surface area contributed by atoms with Crippen molar-refractivity contribution < 1.29 is 9.90 Å². The maximum Gasteiger partial charge on any atom is 0.303 e. The summed E-state index contributed by atoms with van der Waals surface area (Å²) in [6, 6.07) is 9.73. The Bertz CT molecular complexity index is 437. The second kappa shape index (κ2) is 8.50. The number of carbonyl (C=O) groups is 1. The normalized spacial score (nSPS) is 10.3. The second-order valence-corrected chi connectivity index (χ2v) is 5.00. The summed E-state index contributed by atoms with van der Waals surface area (Å²) in [4.78, 5) is 10.5. The van der Waals surface area contributed by atoms with Gasteiger partial charge in [-0.2, -0.15) is 0 Å². The van der Waals surface area contributed by atoms with Gasteiger partial charge in [0.05, 0.1) is 0 Å². The van der Waals surface area contributed by atoms with Gasteiger partial charge in [-0.1, -0.05) is 18.2 Å². The van der Waals surface area contributed by atoms with Gasteiger partial charge >= 0.3 is 5.97 Å². The lowest BCUT2D eigenvalue weighted by molar-refractivity contribution is -0.137. The van der Waals surface area contributed by atoms with Crippen LogP contribution in [0, 0.1) is 0 Å². The van der Waals surface area contributed by atoms with Gasteiger partial charge in [0.2, 0.25) is 0 Å². The highest BCUT2D eigenvalue weighted by molar-refractivity contribution is 7.80. The molecule has 0 spiro atoms. The van der Waals surface area contributed by atoms with Gasteiger partial charge in [0.15, 0.2) is 5.11 Å². The van der Waals surface area contributed by atoms with Gasteiger partial charge in [-0.25, -0.2) is 5.01 Å². The quantitative estimate of drug-likeness (QED) is 0.458. The molecule has 110 valence electrons. The SMILES string of the molecule is CN(C)N(CCCCC(=O)O)C(=S)Nc1ccccc1. The number of hydrogen-bond acceptors (Lipinski definition) is 3. The zero-order chi connectivity index (χ0) is 15.0. The molecular weight excluding hydrogens is 274 g/mol. The number of nitrogens with one attached hydrogen (secondary N) is 1. The number of hydrogen-bond donors (Lipinski definition) is 2. The van der Waals surface area contributed by atoms with E-state index in [2.05, 4.69) is 5.32 Å². The maximum absolute atomic E-state index is 10.5. The van der Waals surface area contributed by atoms with Gasteiger partial charge in [-0.15, -0.1) is 0 Å². The second-order valence-electron chi connectivity index (χ2n) is 4.62. The Balaban J connectivity index is 2.48. The smallest absolute Gasteiger partial charge is 0.303 e. The first-order chi connectivity index (χ1) is 9.50. The molecule has 1 aromatic carbocycles. The number of para-hydroxylation sites is 1. The van der Waals surface area contributed by atoms with Gasteiger partial charge in [0.1, 0.15) is 0 Å². The molecule has 2 N–H and O–H groups in total. The first-order valence-electron chi connectivity index (χ1n) is 6.53. The summed E-state index contributed by atoms with van der Waals surface area (Å²) >= 11 is 5.39. The Hall–Kier alpha value is -1.66. The average Bonchev–Trinajstić information content (AvgIpc) is 2.38. The third-order valence-electron chi connectivity index (χ3n) is 2.75. The van der Waals surface area contributed by atoms with Crippen molar-refractivity contribution in [2.45, 2.75) is 19.3 Å². The maximum atomic E-state index is 10.5. The van der Waals surface area contributed by atoms with Crippen LogP contribution in [0.1, 0.15) is 19.3 Å². The summed E-state index contributed by atoms with van der Waals surface area (Å²) in [7, 11) is 3.83. The molecule has 0 aromatic heterocycles. The highest BCUT2D eigenvalue weighted by Gasteiger charge is 2.12. The van der Waals surface area contributed by atoms with E-state index in [4.69, 9.17) is 17.3 Å². The summed E-state index contributed by atoms with van der Waals surface area (Å²) < 4.78 is 0. The van der Waals surface area contributed by atoms with Crippen LogP contribution >= 0.6 is 12.2 Å². The molecule has 0 bridgehead atoms. The third kappa shape index (κ3) is 5.99. The number of anilines is 1. The van der Waals surface area contributed by atoms with Crippen LogP contribution in [0.2, 0.25) is 0 Å². The zero-order valence-corrected chi connectivity index (χ0v) is 12.7. The predicted molar refractivity (Wildman–Crippen MR) is 84.5 cm³/mol. The minimum absolute atomic E-state index is 0.195. The van der Waals surface area contributed by atoms with Crippen molar-refractivity contribution in [3.63, 3.8) is 0 Å². The number of aliphatic carboxylic acids is 1. The predicted octanol–water partition coefficient (Wildman–Crippen LogP) is 2.42. The van der Waals surface area contributed by atoms with Crippen LogP contribution in [0.15, 0.2) is 30.3 Å². The summed E-state index contributed by atoms with van der Waals surface area (Å²) in [5, 5.41) is 16.2.